The van der Waals surface area contributed by atoms with Crippen molar-refractivity contribution >= 4 is 23.2 Å². The second-order valence-corrected chi connectivity index (χ2v) is 8.37. The van der Waals surface area contributed by atoms with Gasteiger partial charge in [-0.1, -0.05) is 49.7 Å². The van der Waals surface area contributed by atoms with Crippen LogP contribution < -0.4 is 15.0 Å². The number of nitrogens with zero attached hydrogens (tertiary/aromatic N) is 1. The highest BCUT2D eigenvalue weighted by atomic mass is 35.5. The van der Waals surface area contributed by atoms with Crippen LogP contribution in [0.3, 0.4) is 0 Å². The number of anilines is 1. The molecule has 0 aromatic heterocycles. The van der Waals surface area contributed by atoms with Gasteiger partial charge < -0.3 is 15.0 Å². The van der Waals surface area contributed by atoms with E-state index < -0.39 is 6.10 Å². The zero-order valence-electron chi connectivity index (χ0n) is 17.5. The van der Waals surface area contributed by atoms with E-state index in [2.05, 4.69) is 41.4 Å². The third-order valence-corrected chi connectivity index (χ3v) is 5.86. The first-order valence-electron chi connectivity index (χ1n) is 10.5. The molecule has 156 valence electrons. The van der Waals surface area contributed by atoms with Gasteiger partial charge in [-0.05, 0) is 61.9 Å². The van der Waals surface area contributed by atoms with Crippen LogP contribution >= 0.6 is 11.6 Å². The second kappa shape index (κ2) is 10.0. The van der Waals surface area contributed by atoms with Crippen molar-refractivity contribution in [2.75, 3.05) is 18.0 Å². The quantitative estimate of drug-likeness (QED) is 0.640. The fourth-order valence-electron chi connectivity index (χ4n) is 3.80. The van der Waals surface area contributed by atoms with Crippen LogP contribution in [-0.4, -0.2) is 25.1 Å². The predicted molar refractivity (Wildman–Crippen MR) is 120 cm³/mol. The molecule has 1 fully saturated rings. The summed E-state index contributed by atoms with van der Waals surface area (Å²) >= 11 is 6.16. The first-order valence-corrected chi connectivity index (χ1v) is 10.9. The maximum atomic E-state index is 12.7. The van der Waals surface area contributed by atoms with Gasteiger partial charge >= 0.3 is 0 Å². The maximum absolute atomic E-state index is 12.7. The van der Waals surface area contributed by atoms with Gasteiger partial charge in [-0.15, -0.1) is 0 Å². The van der Waals surface area contributed by atoms with Crippen LogP contribution in [0.5, 0.6) is 5.75 Å². The molecule has 0 radical (unpaired) electrons. The minimum Gasteiger partial charge on any atom is -0.479 e. The lowest BCUT2D eigenvalue weighted by Gasteiger charge is -2.33. The number of ether oxygens (including phenoxy) is 1. The molecular weight excluding hydrogens is 384 g/mol. The van der Waals surface area contributed by atoms with Gasteiger partial charge in [-0.25, -0.2) is 0 Å². The number of hydrogen-bond acceptors (Lipinski definition) is 3. The molecule has 4 nitrogen and oxygen atoms in total. The summed E-state index contributed by atoms with van der Waals surface area (Å²) in [6.07, 6.45) is 2.55. The molecule has 1 amide bonds. The summed E-state index contributed by atoms with van der Waals surface area (Å²) in [6.45, 7) is 8.47. The normalized spacial score (nSPS) is 18.8. The van der Waals surface area contributed by atoms with Crippen LogP contribution in [0.4, 0.5) is 5.69 Å². The third-order valence-electron chi connectivity index (χ3n) is 5.54. The third kappa shape index (κ3) is 5.66. The molecule has 1 heterocycles. The number of hydrogen-bond donors (Lipinski definition) is 1. The predicted octanol–water partition coefficient (Wildman–Crippen LogP) is 5.61. The van der Waals surface area contributed by atoms with E-state index in [-0.39, 0.29) is 11.9 Å². The number of para-hydroxylation sites is 1. The molecule has 5 heteroatoms. The van der Waals surface area contributed by atoms with Gasteiger partial charge in [-0.2, -0.15) is 0 Å². The summed E-state index contributed by atoms with van der Waals surface area (Å²) in [6, 6.07) is 15.7. The number of nitrogens with one attached hydrogen (secondary N) is 1. The van der Waals surface area contributed by atoms with Gasteiger partial charge in [0.2, 0.25) is 0 Å². The molecule has 0 bridgehead atoms. The number of amides is 1. The molecule has 3 rings (SSSR count). The lowest BCUT2D eigenvalue weighted by molar-refractivity contribution is -0.128. The van der Waals surface area contributed by atoms with E-state index in [1.54, 1.807) is 12.1 Å². The Morgan fingerprint density at radius 1 is 1.24 bits per heavy atom. The van der Waals surface area contributed by atoms with Gasteiger partial charge in [0.1, 0.15) is 5.75 Å². The Hall–Kier alpha value is -2.20. The first kappa shape index (κ1) is 21.5. The Morgan fingerprint density at radius 3 is 2.62 bits per heavy atom. The van der Waals surface area contributed by atoms with Crippen molar-refractivity contribution in [3.63, 3.8) is 0 Å². The van der Waals surface area contributed by atoms with Crippen molar-refractivity contribution in [2.45, 2.75) is 52.2 Å². The smallest absolute Gasteiger partial charge is 0.261 e. The topological polar surface area (TPSA) is 41.6 Å². The van der Waals surface area contributed by atoms with E-state index in [0.717, 1.165) is 24.6 Å². The van der Waals surface area contributed by atoms with Gasteiger partial charge in [0, 0.05) is 18.8 Å². The Morgan fingerprint density at radius 2 is 1.97 bits per heavy atom. The number of carbonyl (C=O) groups excluding carboxylic acids is 1. The highest BCUT2D eigenvalue weighted by Crippen LogP contribution is 2.26. The maximum Gasteiger partial charge on any atom is 0.261 e. The molecule has 1 aliphatic rings. The number of halogens is 1. The molecular formula is C24H31ClN2O2. The Labute approximate surface area is 179 Å². The van der Waals surface area contributed by atoms with Crippen LogP contribution in [0.25, 0.3) is 0 Å². The SMILES string of the molecule is CC[C@H](Oc1ccccc1Cl)C(=O)N[C@@H](C)c1ccc(N2CCC[C@H](C)C2)cc1. The van der Waals surface area contributed by atoms with Crippen molar-refractivity contribution in [3.05, 3.63) is 59.1 Å². The second-order valence-electron chi connectivity index (χ2n) is 7.96. The van der Waals surface area contributed by atoms with Gasteiger partial charge in [0.05, 0.1) is 11.1 Å². The monoisotopic (exact) mass is 414 g/mol. The standard InChI is InChI=1S/C24H31ClN2O2/c1-4-22(29-23-10-6-5-9-21(23)25)24(28)26-18(3)19-11-13-20(14-12-19)27-15-7-8-17(2)16-27/h5-6,9-14,17-18,22H,4,7-8,15-16H2,1-3H3,(H,26,28)/t17-,18-,22-/m0/s1. The van der Waals surface area contributed by atoms with E-state index in [4.69, 9.17) is 16.3 Å². The Bertz CT molecular complexity index is 809. The van der Waals surface area contributed by atoms with Crippen molar-refractivity contribution in [1.82, 2.24) is 5.32 Å². The Kier molecular flexibility index (Phi) is 7.43. The summed E-state index contributed by atoms with van der Waals surface area (Å²) in [5, 5.41) is 3.58. The average molecular weight is 415 g/mol. The zero-order valence-corrected chi connectivity index (χ0v) is 18.3. The van der Waals surface area contributed by atoms with E-state index >= 15 is 0 Å². The summed E-state index contributed by atoms with van der Waals surface area (Å²) < 4.78 is 5.85. The average Bonchev–Trinajstić information content (AvgIpc) is 2.73. The minimum atomic E-state index is -0.577. The Balaban J connectivity index is 1.60. The van der Waals surface area contributed by atoms with Crippen molar-refractivity contribution in [1.29, 1.82) is 0 Å². The molecule has 0 saturated carbocycles. The lowest BCUT2D eigenvalue weighted by Crippen LogP contribution is -2.39. The highest BCUT2D eigenvalue weighted by molar-refractivity contribution is 6.32. The van der Waals surface area contributed by atoms with Crippen molar-refractivity contribution in [2.24, 2.45) is 5.92 Å². The first-order chi connectivity index (χ1) is 14.0. The van der Waals surface area contributed by atoms with E-state index in [1.165, 1.54) is 18.5 Å². The van der Waals surface area contributed by atoms with Crippen LogP contribution in [0.15, 0.2) is 48.5 Å². The molecule has 1 saturated heterocycles. The van der Waals surface area contributed by atoms with Crippen LogP contribution in [0.1, 0.15) is 51.6 Å². The molecule has 2 aromatic carbocycles. The number of benzene rings is 2. The minimum absolute atomic E-state index is 0.0966. The fourth-order valence-corrected chi connectivity index (χ4v) is 3.98. The van der Waals surface area contributed by atoms with Crippen LogP contribution in [0, 0.1) is 5.92 Å². The van der Waals surface area contributed by atoms with Crippen molar-refractivity contribution in [3.8, 4) is 5.75 Å². The zero-order chi connectivity index (χ0) is 20.8. The number of carbonyl (C=O) groups is 1. The van der Waals surface area contributed by atoms with Crippen LogP contribution in [0.2, 0.25) is 5.02 Å². The van der Waals surface area contributed by atoms with Crippen molar-refractivity contribution < 1.29 is 9.53 Å². The summed E-state index contributed by atoms with van der Waals surface area (Å²) in [5.41, 5.74) is 2.34. The molecule has 29 heavy (non-hydrogen) atoms. The van der Waals surface area contributed by atoms with E-state index in [1.807, 2.05) is 26.0 Å². The fraction of sp³-hybridized carbons (Fsp3) is 0.458. The van der Waals surface area contributed by atoms with Gasteiger partial charge in [-0.3, -0.25) is 4.79 Å². The largest absolute Gasteiger partial charge is 0.479 e. The molecule has 0 aliphatic carbocycles. The summed E-state index contributed by atoms with van der Waals surface area (Å²) in [7, 11) is 0. The lowest BCUT2D eigenvalue weighted by atomic mass is 9.99. The van der Waals surface area contributed by atoms with Gasteiger partial charge in [0.15, 0.2) is 6.10 Å². The molecule has 0 unspecified atom stereocenters. The summed E-state index contributed by atoms with van der Waals surface area (Å²) in [5.74, 6) is 1.14. The summed E-state index contributed by atoms with van der Waals surface area (Å²) in [4.78, 5) is 15.2. The molecule has 0 spiro atoms. The van der Waals surface area contributed by atoms with Gasteiger partial charge in [0.25, 0.3) is 5.91 Å². The number of piperidine rings is 1. The van der Waals surface area contributed by atoms with Crippen LogP contribution in [-0.2, 0) is 4.79 Å². The molecule has 1 aliphatic heterocycles. The number of rotatable bonds is 7. The highest BCUT2D eigenvalue weighted by Gasteiger charge is 2.22. The van der Waals surface area contributed by atoms with E-state index in [9.17, 15) is 4.79 Å². The van der Waals surface area contributed by atoms with E-state index in [0.29, 0.717) is 17.2 Å². The molecule has 1 N–H and O–H groups in total. The molecule has 3 atom stereocenters. The molecule has 2 aromatic rings.